The second-order valence-corrected chi connectivity index (χ2v) is 3.65. The molecule has 1 rings (SSSR count). The van der Waals surface area contributed by atoms with Crippen molar-refractivity contribution in [2.75, 3.05) is 13.7 Å². The molecule has 0 aliphatic rings. The van der Waals surface area contributed by atoms with E-state index in [1.165, 1.54) is 14.0 Å². The van der Waals surface area contributed by atoms with Crippen molar-refractivity contribution < 1.29 is 32.5 Å². The predicted molar refractivity (Wildman–Crippen MR) is 59.6 cm³/mol. The summed E-state index contributed by atoms with van der Waals surface area (Å²) in [4.78, 5) is 11.3. The van der Waals surface area contributed by atoms with Crippen LogP contribution in [0, 0.1) is 0 Å². The highest BCUT2D eigenvalue weighted by molar-refractivity contribution is 5.76. The van der Waals surface area contributed by atoms with Gasteiger partial charge in [-0.15, -0.1) is 0 Å². The molecule has 19 heavy (non-hydrogen) atoms. The summed E-state index contributed by atoms with van der Waals surface area (Å²) in [6, 6.07) is 2.61. The van der Waals surface area contributed by atoms with E-state index < -0.39 is 23.8 Å². The fraction of sp³-hybridized carbons (Fsp3) is 0.417. The topological polar surface area (TPSA) is 55.8 Å². The molecule has 0 saturated heterocycles. The molecule has 1 N–H and O–H groups in total. The van der Waals surface area contributed by atoms with Crippen LogP contribution in [0.15, 0.2) is 18.2 Å². The molecule has 0 heterocycles. The summed E-state index contributed by atoms with van der Waals surface area (Å²) in [6.45, 7) is 1.54. The first kappa shape index (κ1) is 15.3. The van der Waals surface area contributed by atoms with Gasteiger partial charge in [-0.25, -0.2) is 4.79 Å². The first-order chi connectivity index (χ1) is 8.79. The lowest BCUT2D eigenvalue weighted by atomic mass is 10.0. The average Bonchev–Trinajstić information content (AvgIpc) is 2.36. The molecular weight excluding hydrogens is 265 g/mol. The standard InChI is InChI=1S/C12H13F3O4/c1-3-19-11(17)10(16)7-4-8(12(13,14)15)6-9(5-7)18-2/h4-6,10,16H,3H2,1-2H3. The monoisotopic (exact) mass is 278 g/mol. The number of aliphatic hydroxyl groups excluding tert-OH is 1. The molecule has 0 amide bonds. The molecule has 1 aromatic rings. The highest BCUT2D eigenvalue weighted by atomic mass is 19.4. The first-order valence-corrected chi connectivity index (χ1v) is 5.40. The zero-order chi connectivity index (χ0) is 14.6. The minimum Gasteiger partial charge on any atom is -0.497 e. The molecule has 0 aliphatic carbocycles. The Hall–Kier alpha value is -1.76. The quantitative estimate of drug-likeness (QED) is 0.859. The van der Waals surface area contributed by atoms with Crippen molar-refractivity contribution in [2.45, 2.75) is 19.2 Å². The van der Waals surface area contributed by atoms with Crippen molar-refractivity contribution in [2.24, 2.45) is 0 Å². The number of carbonyl (C=O) groups excluding carboxylic acids is 1. The van der Waals surface area contributed by atoms with Gasteiger partial charge in [0, 0.05) is 0 Å². The molecule has 1 atom stereocenters. The maximum atomic E-state index is 12.6. The third-order valence-corrected chi connectivity index (χ3v) is 2.32. The van der Waals surface area contributed by atoms with E-state index in [2.05, 4.69) is 4.74 Å². The maximum absolute atomic E-state index is 12.6. The lowest BCUT2D eigenvalue weighted by Crippen LogP contribution is -2.16. The molecule has 0 bridgehead atoms. The molecule has 7 heteroatoms. The number of esters is 1. The van der Waals surface area contributed by atoms with Crippen LogP contribution in [0.1, 0.15) is 24.2 Å². The van der Waals surface area contributed by atoms with Gasteiger partial charge in [0.1, 0.15) is 5.75 Å². The summed E-state index contributed by atoms with van der Waals surface area (Å²) in [5.41, 5.74) is -1.24. The Morgan fingerprint density at radius 1 is 1.37 bits per heavy atom. The van der Waals surface area contributed by atoms with Crippen molar-refractivity contribution >= 4 is 5.97 Å². The highest BCUT2D eigenvalue weighted by Crippen LogP contribution is 2.34. The summed E-state index contributed by atoms with van der Waals surface area (Å²) in [6.07, 6.45) is -6.38. The maximum Gasteiger partial charge on any atom is 0.416 e. The number of aliphatic hydroxyl groups is 1. The smallest absolute Gasteiger partial charge is 0.416 e. The van der Waals surface area contributed by atoms with E-state index in [1.807, 2.05) is 0 Å². The van der Waals surface area contributed by atoms with E-state index in [0.29, 0.717) is 6.07 Å². The zero-order valence-corrected chi connectivity index (χ0v) is 10.3. The number of rotatable bonds is 4. The van der Waals surface area contributed by atoms with Crippen LogP contribution in [0.5, 0.6) is 5.75 Å². The SMILES string of the molecule is CCOC(=O)C(O)c1cc(OC)cc(C(F)(F)F)c1. The van der Waals surface area contributed by atoms with Gasteiger partial charge in [0.15, 0.2) is 6.10 Å². The van der Waals surface area contributed by atoms with Crippen LogP contribution in [-0.2, 0) is 15.7 Å². The van der Waals surface area contributed by atoms with Gasteiger partial charge < -0.3 is 14.6 Å². The van der Waals surface area contributed by atoms with E-state index in [-0.39, 0.29) is 17.9 Å². The van der Waals surface area contributed by atoms with Crippen molar-refractivity contribution in [3.05, 3.63) is 29.3 Å². The zero-order valence-electron chi connectivity index (χ0n) is 10.3. The fourth-order valence-electron chi connectivity index (χ4n) is 1.42. The Morgan fingerprint density at radius 2 is 2.00 bits per heavy atom. The van der Waals surface area contributed by atoms with E-state index >= 15 is 0 Å². The number of halogens is 3. The van der Waals surface area contributed by atoms with E-state index in [9.17, 15) is 23.1 Å². The first-order valence-electron chi connectivity index (χ1n) is 5.40. The van der Waals surface area contributed by atoms with Crippen molar-refractivity contribution in [3.63, 3.8) is 0 Å². The number of carbonyl (C=O) groups is 1. The molecule has 0 spiro atoms. The largest absolute Gasteiger partial charge is 0.497 e. The summed E-state index contributed by atoms with van der Waals surface area (Å²) >= 11 is 0. The van der Waals surface area contributed by atoms with Gasteiger partial charge in [-0.3, -0.25) is 0 Å². The Morgan fingerprint density at radius 3 is 2.47 bits per heavy atom. The van der Waals surface area contributed by atoms with Gasteiger partial charge >= 0.3 is 12.1 Å². The third kappa shape index (κ3) is 3.85. The lowest BCUT2D eigenvalue weighted by Gasteiger charge is -2.14. The number of benzene rings is 1. The number of ether oxygens (including phenoxy) is 2. The van der Waals surface area contributed by atoms with E-state index in [1.54, 1.807) is 0 Å². The Labute approximate surface area is 107 Å². The minimum atomic E-state index is -4.60. The van der Waals surface area contributed by atoms with Gasteiger partial charge in [0.2, 0.25) is 0 Å². The van der Waals surface area contributed by atoms with E-state index in [4.69, 9.17) is 4.74 Å². The molecule has 106 valence electrons. The molecule has 0 radical (unpaired) electrons. The van der Waals surface area contributed by atoms with Crippen LogP contribution in [0.2, 0.25) is 0 Å². The second-order valence-electron chi connectivity index (χ2n) is 3.65. The number of hydrogen-bond donors (Lipinski definition) is 1. The van der Waals surface area contributed by atoms with Gasteiger partial charge in [0.25, 0.3) is 0 Å². The van der Waals surface area contributed by atoms with Crippen LogP contribution in [0.25, 0.3) is 0 Å². The molecular formula is C12H13F3O4. The average molecular weight is 278 g/mol. The van der Waals surface area contributed by atoms with Crippen molar-refractivity contribution in [1.29, 1.82) is 0 Å². The van der Waals surface area contributed by atoms with Crippen LogP contribution in [0.4, 0.5) is 13.2 Å². The Kier molecular flexibility index (Phi) is 4.77. The molecule has 1 aromatic carbocycles. The number of methoxy groups -OCH3 is 1. The lowest BCUT2D eigenvalue weighted by molar-refractivity contribution is -0.153. The van der Waals surface area contributed by atoms with Gasteiger partial charge in [0.05, 0.1) is 19.3 Å². The van der Waals surface area contributed by atoms with Crippen molar-refractivity contribution in [1.82, 2.24) is 0 Å². The highest BCUT2D eigenvalue weighted by Gasteiger charge is 2.33. The molecule has 1 unspecified atom stereocenters. The molecule has 4 nitrogen and oxygen atoms in total. The van der Waals surface area contributed by atoms with Gasteiger partial charge in [-0.05, 0) is 30.7 Å². The second kappa shape index (κ2) is 5.92. The number of alkyl halides is 3. The third-order valence-electron chi connectivity index (χ3n) is 2.32. The van der Waals surface area contributed by atoms with Crippen molar-refractivity contribution in [3.8, 4) is 5.75 Å². The fourth-order valence-corrected chi connectivity index (χ4v) is 1.42. The molecule has 0 saturated carbocycles. The summed E-state index contributed by atoms with van der Waals surface area (Å²) < 4.78 is 47.2. The summed E-state index contributed by atoms with van der Waals surface area (Å²) in [5, 5.41) is 9.63. The van der Waals surface area contributed by atoms with Crippen LogP contribution >= 0.6 is 0 Å². The molecule has 0 fully saturated rings. The summed E-state index contributed by atoms with van der Waals surface area (Å²) in [5.74, 6) is -1.11. The summed E-state index contributed by atoms with van der Waals surface area (Å²) in [7, 11) is 1.19. The predicted octanol–water partition coefficient (Wildman–Crippen LogP) is 2.31. The Bertz CT molecular complexity index is 457. The van der Waals surface area contributed by atoms with E-state index in [0.717, 1.165) is 12.1 Å². The van der Waals surface area contributed by atoms with Gasteiger partial charge in [-0.1, -0.05) is 0 Å². The molecule has 0 aromatic heterocycles. The van der Waals surface area contributed by atoms with Crippen LogP contribution in [0.3, 0.4) is 0 Å². The Balaban J connectivity index is 3.17. The van der Waals surface area contributed by atoms with Gasteiger partial charge in [-0.2, -0.15) is 13.2 Å². The minimum absolute atomic E-state index is 0.0198. The van der Waals surface area contributed by atoms with Crippen LogP contribution < -0.4 is 4.74 Å². The van der Waals surface area contributed by atoms with Crippen LogP contribution in [-0.4, -0.2) is 24.8 Å². The molecule has 0 aliphatic heterocycles. The normalized spacial score (nSPS) is 12.9. The number of hydrogen-bond acceptors (Lipinski definition) is 4.